The molecule has 1 saturated heterocycles. The first kappa shape index (κ1) is 22.0. The van der Waals surface area contributed by atoms with Gasteiger partial charge in [-0.15, -0.1) is 17.9 Å². The molecule has 9 heteroatoms. The lowest BCUT2D eigenvalue weighted by molar-refractivity contribution is -0.108. The molecule has 1 aromatic carbocycles. The Bertz CT molecular complexity index is 1300. The van der Waals surface area contributed by atoms with Crippen LogP contribution >= 0.6 is 47.3 Å². The maximum Gasteiger partial charge on any atom is 0.272 e. The second-order valence-corrected chi connectivity index (χ2v) is 11.4. The summed E-state index contributed by atoms with van der Waals surface area (Å²) < 4.78 is 5.02. The van der Waals surface area contributed by atoms with E-state index in [2.05, 4.69) is 23.6 Å². The number of thiazole rings is 1. The van der Waals surface area contributed by atoms with Crippen molar-refractivity contribution in [3.63, 3.8) is 0 Å². The lowest BCUT2D eigenvalue weighted by atomic mass is 9.95. The Morgan fingerprint density at radius 1 is 1.19 bits per heavy atom. The molecule has 1 saturated carbocycles. The van der Waals surface area contributed by atoms with Gasteiger partial charge in [0.2, 0.25) is 5.78 Å². The fourth-order valence-electron chi connectivity index (χ4n) is 4.38. The van der Waals surface area contributed by atoms with Crippen LogP contribution in [0.15, 0.2) is 46.6 Å². The zero-order chi connectivity index (χ0) is 22.4. The van der Waals surface area contributed by atoms with Gasteiger partial charge in [-0.05, 0) is 36.9 Å². The lowest BCUT2D eigenvalue weighted by Gasteiger charge is -2.30. The number of Topliss-reactive ketones (excluding diaryl/α,β-unsaturated/α-hetero) is 1. The van der Waals surface area contributed by atoms with Crippen LogP contribution < -0.4 is 19.7 Å². The normalized spacial score (nSPS) is 22.7. The molecule has 0 N–H and O–H groups in total. The molecule has 32 heavy (non-hydrogen) atoms. The minimum Gasteiger partial charge on any atom is -0.337 e. The number of anilines is 1. The molecule has 1 aromatic heterocycles. The SMILES string of the molecule is C=CCn1c(=C2SN(C3CCCCC3)C(=S)C2=O)sc(=C2Sc3ccccc3N2C)c1=O. The van der Waals surface area contributed by atoms with Crippen molar-refractivity contribution in [2.75, 3.05) is 11.9 Å². The van der Waals surface area contributed by atoms with Gasteiger partial charge in [0.25, 0.3) is 5.56 Å². The number of carbonyl (C=O) groups is 1. The predicted octanol–water partition coefficient (Wildman–Crippen LogP) is 3.70. The summed E-state index contributed by atoms with van der Waals surface area (Å²) >= 11 is 9.96. The van der Waals surface area contributed by atoms with Gasteiger partial charge in [0.05, 0.1) is 5.69 Å². The first-order chi connectivity index (χ1) is 15.5. The van der Waals surface area contributed by atoms with Crippen LogP contribution in [0.5, 0.6) is 0 Å². The number of para-hydroxylation sites is 1. The molecule has 0 bridgehead atoms. The van der Waals surface area contributed by atoms with Crippen LogP contribution in [0.3, 0.4) is 0 Å². The molecule has 3 heterocycles. The number of allylic oxidation sites excluding steroid dienone is 1. The van der Waals surface area contributed by atoms with Gasteiger partial charge >= 0.3 is 0 Å². The van der Waals surface area contributed by atoms with Crippen molar-refractivity contribution in [2.24, 2.45) is 0 Å². The number of aromatic nitrogens is 1. The lowest BCUT2D eigenvalue weighted by Crippen LogP contribution is -2.34. The number of fused-ring (bicyclic) bond motifs is 1. The predicted molar refractivity (Wildman–Crippen MR) is 139 cm³/mol. The molecule has 5 nitrogen and oxygen atoms in total. The second kappa shape index (κ2) is 8.85. The highest BCUT2D eigenvalue weighted by Crippen LogP contribution is 2.45. The van der Waals surface area contributed by atoms with E-state index in [1.165, 1.54) is 42.5 Å². The van der Waals surface area contributed by atoms with Crippen molar-refractivity contribution < 1.29 is 4.79 Å². The Hall–Kier alpha value is -1.81. The first-order valence-electron chi connectivity index (χ1n) is 10.7. The van der Waals surface area contributed by atoms with Crippen LogP contribution in [-0.4, -0.2) is 32.7 Å². The Kier molecular flexibility index (Phi) is 6.09. The summed E-state index contributed by atoms with van der Waals surface area (Å²) in [5.41, 5.74) is 0.996. The second-order valence-electron chi connectivity index (χ2n) is 8.05. The fraction of sp³-hybridized carbons (Fsp3) is 0.348. The highest BCUT2D eigenvalue weighted by atomic mass is 32.2. The van der Waals surface area contributed by atoms with Crippen molar-refractivity contribution in [3.05, 3.63) is 56.5 Å². The van der Waals surface area contributed by atoms with Crippen LogP contribution in [0.1, 0.15) is 32.1 Å². The van der Waals surface area contributed by atoms with Crippen LogP contribution in [0, 0.1) is 0 Å². The van der Waals surface area contributed by atoms with Crippen LogP contribution in [0.2, 0.25) is 0 Å². The summed E-state index contributed by atoms with van der Waals surface area (Å²) in [6.45, 7) is 4.18. The number of thioether (sulfide) groups is 1. The molecule has 2 aliphatic heterocycles. The quantitative estimate of drug-likeness (QED) is 0.361. The number of ketones is 1. The zero-order valence-electron chi connectivity index (χ0n) is 17.7. The molecule has 3 aliphatic rings. The Morgan fingerprint density at radius 2 is 1.94 bits per heavy atom. The summed E-state index contributed by atoms with van der Waals surface area (Å²) in [6, 6.07) is 8.41. The van der Waals surface area contributed by atoms with E-state index >= 15 is 0 Å². The van der Waals surface area contributed by atoms with E-state index in [-0.39, 0.29) is 11.3 Å². The summed E-state index contributed by atoms with van der Waals surface area (Å²) in [7, 11) is 1.98. The number of hydrogen-bond acceptors (Lipinski definition) is 7. The third-order valence-corrected chi connectivity index (χ3v) is 10.4. The Morgan fingerprint density at radius 3 is 2.66 bits per heavy atom. The topological polar surface area (TPSA) is 45.6 Å². The van der Waals surface area contributed by atoms with E-state index in [9.17, 15) is 9.59 Å². The third-order valence-electron chi connectivity index (χ3n) is 6.02. The number of rotatable bonds is 3. The molecule has 2 fully saturated rings. The van der Waals surface area contributed by atoms with Crippen LogP contribution in [0.25, 0.3) is 9.93 Å². The number of carbonyl (C=O) groups excluding carboxylic acids is 1. The van der Waals surface area contributed by atoms with Crippen molar-refractivity contribution in [2.45, 2.75) is 49.6 Å². The molecule has 0 atom stereocenters. The molecule has 166 valence electrons. The van der Waals surface area contributed by atoms with E-state index < -0.39 is 0 Å². The smallest absolute Gasteiger partial charge is 0.272 e. The molecule has 0 radical (unpaired) electrons. The van der Waals surface area contributed by atoms with Crippen LogP contribution in [0.4, 0.5) is 5.69 Å². The number of hydrogen-bond donors (Lipinski definition) is 0. The van der Waals surface area contributed by atoms with Gasteiger partial charge in [0, 0.05) is 24.5 Å². The summed E-state index contributed by atoms with van der Waals surface area (Å²) in [5.74, 6) is -0.137. The summed E-state index contributed by atoms with van der Waals surface area (Å²) in [4.78, 5) is 30.8. The molecule has 1 aliphatic carbocycles. The maximum atomic E-state index is 13.5. The van der Waals surface area contributed by atoms with E-state index in [1.807, 2.05) is 23.5 Å². The highest BCUT2D eigenvalue weighted by Gasteiger charge is 2.38. The van der Waals surface area contributed by atoms with Gasteiger partial charge in [0.1, 0.15) is 19.1 Å². The van der Waals surface area contributed by atoms with Crippen molar-refractivity contribution >= 4 is 73.7 Å². The molecule has 0 spiro atoms. The standard InChI is InChI=1S/C23H23N3O2S4/c1-3-13-25-20(28)19(22-24(2)15-11-7-8-12-16(15)30-22)31-23(25)18-17(27)21(29)26(32-18)14-9-5-4-6-10-14/h3,7-8,11-12,14H,1,4-6,9-10,13H2,2H3. The van der Waals surface area contributed by atoms with Gasteiger partial charge in [-0.1, -0.05) is 61.5 Å². The van der Waals surface area contributed by atoms with Gasteiger partial charge in [-0.25, -0.2) is 0 Å². The molecule has 0 amide bonds. The molecule has 2 aromatic rings. The largest absolute Gasteiger partial charge is 0.337 e. The Balaban J connectivity index is 1.67. The zero-order valence-corrected chi connectivity index (χ0v) is 21.0. The number of benzene rings is 1. The minimum absolute atomic E-state index is 0.0880. The summed E-state index contributed by atoms with van der Waals surface area (Å²) in [5, 5.41) is 0.896. The molecule has 0 unspecified atom stereocenters. The van der Waals surface area contributed by atoms with Crippen molar-refractivity contribution in [3.8, 4) is 0 Å². The fourth-order valence-corrected chi connectivity index (χ4v) is 8.53. The molecular weight excluding hydrogens is 479 g/mol. The van der Waals surface area contributed by atoms with Crippen molar-refractivity contribution in [1.82, 2.24) is 8.87 Å². The average Bonchev–Trinajstić information content (AvgIpc) is 3.42. The minimum atomic E-state index is -0.137. The van der Waals surface area contributed by atoms with E-state index in [4.69, 9.17) is 12.2 Å². The highest BCUT2D eigenvalue weighted by molar-refractivity contribution is 8.10. The van der Waals surface area contributed by atoms with E-state index in [1.54, 1.807) is 22.4 Å². The number of thiocarbonyl (C=S) groups is 1. The van der Waals surface area contributed by atoms with Crippen molar-refractivity contribution in [1.29, 1.82) is 0 Å². The monoisotopic (exact) mass is 501 g/mol. The van der Waals surface area contributed by atoms with Gasteiger partial charge in [-0.2, -0.15) is 0 Å². The Labute approximate surface area is 204 Å². The van der Waals surface area contributed by atoms with Crippen LogP contribution in [-0.2, 0) is 11.3 Å². The third kappa shape index (κ3) is 3.59. The number of nitrogens with zero attached hydrogens (tertiary/aromatic N) is 3. The average molecular weight is 502 g/mol. The maximum absolute atomic E-state index is 13.5. The summed E-state index contributed by atoms with van der Waals surface area (Å²) in [6.07, 6.45) is 7.39. The van der Waals surface area contributed by atoms with E-state index in [0.717, 1.165) is 28.5 Å². The molecule has 5 rings (SSSR count). The van der Waals surface area contributed by atoms with Gasteiger partial charge in [-0.3, -0.25) is 18.5 Å². The van der Waals surface area contributed by atoms with Gasteiger partial charge < -0.3 is 4.90 Å². The van der Waals surface area contributed by atoms with E-state index in [0.29, 0.717) is 31.7 Å². The molecular formula is C23H23N3O2S4. The first-order valence-corrected chi connectivity index (χ1v) is 13.5. The van der Waals surface area contributed by atoms with Gasteiger partial charge in [0.15, 0.2) is 4.99 Å².